The molecular formula is C7H10N3O5P. The van der Waals surface area contributed by atoms with E-state index >= 15 is 0 Å². The van der Waals surface area contributed by atoms with E-state index in [-0.39, 0.29) is 5.30 Å². The summed E-state index contributed by atoms with van der Waals surface area (Å²) in [5.74, 6) is -2.10. The van der Waals surface area contributed by atoms with Gasteiger partial charge in [0.15, 0.2) is 0 Å². The number of aliphatic hydroxyl groups is 1. The molecule has 16 heavy (non-hydrogen) atoms. The summed E-state index contributed by atoms with van der Waals surface area (Å²) in [6, 6.07) is 6.87. The number of nitrogens with two attached hydrogens (primary N) is 1. The molecule has 0 aromatic heterocycles. The van der Waals surface area contributed by atoms with Crippen molar-refractivity contribution in [1.29, 1.82) is 0 Å². The number of nitrogens with zero attached hydrogens (tertiary/aromatic N) is 2. The molecule has 1 atom stereocenters. The van der Waals surface area contributed by atoms with Crippen molar-refractivity contribution in [2.75, 3.05) is 0 Å². The van der Waals surface area contributed by atoms with Crippen LogP contribution in [0.4, 0.5) is 0 Å². The summed E-state index contributed by atoms with van der Waals surface area (Å²) >= 11 is 0. The third-order valence-corrected chi connectivity index (χ3v) is 5.29. The van der Waals surface area contributed by atoms with Gasteiger partial charge in [0.2, 0.25) is 0 Å². The summed E-state index contributed by atoms with van der Waals surface area (Å²) < 4.78 is -2.12. The Bertz CT molecular complexity index is 396. The van der Waals surface area contributed by atoms with E-state index in [1.807, 2.05) is 0 Å². The molecule has 0 amide bonds. The summed E-state index contributed by atoms with van der Waals surface area (Å²) in [4.78, 5) is 21.8. The van der Waals surface area contributed by atoms with Crippen LogP contribution in [0, 0.1) is 20.2 Å². The molecule has 0 bridgehead atoms. The van der Waals surface area contributed by atoms with Gasteiger partial charge < -0.3 is 0 Å². The first-order valence-electron chi connectivity index (χ1n) is 4.22. The molecule has 0 radical (unpaired) electrons. The van der Waals surface area contributed by atoms with Gasteiger partial charge >= 0.3 is 89.6 Å². The van der Waals surface area contributed by atoms with E-state index in [0.29, 0.717) is 0 Å². The number of hydrogen-bond donors (Lipinski definition) is 2. The molecule has 1 aromatic carbocycles. The minimum absolute atomic E-state index is 0.139. The van der Waals surface area contributed by atoms with Crippen LogP contribution in [0.15, 0.2) is 30.3 Å². The Kier molecular flexibility index (Phi) is 3.48. The van der Waals surface area contributed by atoms with Crippen molar-refractivity contribution >= 4 is 12.9 Å². The van der Waals surface area contributed by atoms with Crippen LogP contribution in [0.3, 0.4) is 0 Å². The minimum atomic E-state index is -4.63. The standard InChI is InChI=1S/C7H10N3O5P/c8-7(11)16(9(12)13,10(14)15)6-4-2-1-3-5-6/h1-5,7,11,16H,8H2. The van der Waals surface area contributed by atoms with Crippen LogP contribution in [0.2, 0.25) is 0 Å². The maximum absolute atomic E-state index is 10.9. The molecule has 1 rings (SSSR count). The van der Waals surface area contributed by atoms with Crippen molar-refractivity contribution in [2.24, 2.45) is 5.73 Å². The molecule has 0 saturated heterocycles. The Morgan fingerprint density at radius 2 is 1.62 bits per heavy atom. The van der Waals surface area contributed by atoms with Crippen molar-refractivity contribution in [3.8, 4) is 0 Å². The first-order valence-corrected chi connectivity index (χ1v) is 6.19. The van der Waals surface area contributed by atoms with E-state index < -0.39 is 22.9 Å². The van der Waals surface area contributed by atoms with E-state index in [9.17, 15) is 25.3 Å². The van der Waals surface area contributed by atoms with E-state index in [0.717, 1.165) is 0 Å². The van der Waals surface area contributed by atoms with Crippen molar-refractivity contribution in [3.63, 3.8) is 0 Å². The van der Waals surface area contributed by atoms with E-state index in [2.05, 4.69) is 0 Å². The molecule has 88 valence electrons. The van der Waals surface area contributed by atoms with Gasteiger partial charge in [-0.25, -0.2) is 0 Å². The van der Waals surface area contributed by atoms with E-state index in [1.54, 1.807) is 6.07 Å². The molecule has 1 aromatic rings. The summed E-state index contributed by atoms with van der Waals surface area (Å²) in [6.07, 6.45) is 0. The van der Waals surface area contributed by atoms with Crippen LogP contribution < -0.4 is 11.0 Å². The molecule has 9 heteroatoms. The van der Waals surface area contributed by atoms with Crippen LogP contribution in [-0.2, 0) is 0 Å². The van der Waals surface area contributed by atoms with Gasteiger partial charge in [-0.1, -0.05) is 0 Å². The van der Waals surface area contributed by atoms with E-state index in [4.69, 9.17) is 5.73 Å². The molecule has 0 heterocycles. The van der Waals surface area contributed by atoms with Crippen molar-refractivity contribution in [2.45, 2.75) is 5.97 Å². The second kappa shape index (κ2) is 4.48. The predicted octanol–water partition coefficient (Wildman–Crippen LogP) is -0.320. The molecular weight excluding hydrogens is 237 g/mol. The first-order chi connectivity index (χ1) is 7.44. The fraction of sp³-hybridized carbons (Fsp3) is 0.143. The molecule has 1 unspecified atom stereocenters. The van der Waals surface area contributed by atoms with Crippen LogP contribution in [0.5, 0.6) is 0 Å². The van der Waals surface area contributed by atoms with Crippen LogP contribution in [0.1, 0.15) is 0 Å². The van der Waals surface area contributed by atoms with Gasteiger partial charge in [-0.3, -0.25) is 0 Å². The zero-order chi connectivity index (χ0) is 12.3. The van der Waals surface area contributed by atoms with Gasteiger partial charge in [-0.2, -0.15) is 0 Å². The number of aliphatic hydroxyl groups excluding tert-OH is 1. The third-order valence-electron chi connectivity index (χ3n) is 2.17. The van der Waals surface area contributed by atoms with Crippen LogP contribution >= 0.6 is 7.56 Å². The average molecular weight is 247 g/mol. The van der Waals surface area contributed by atoms with Crippen molar-refractivity contribution in [1.82, 2.24) is 0 Å². The Hall–Kier alpha value is -1.63. The summed E-state index contributed by atoms with van der Waals surface area (Å²) in [5.41, 5.74) is 5.04. The molecule has 0 aliphatic heterocycles. The van der Waals surface area contributed by atoms with Gasteiger partial charge in [-0.05, 0) is 0 Å². The Labute approximate surface area is 90.4 Å². The van der Waals surface area contributed by atoms with Gasteiger partial charge in [0.05, 0.1) is 0 Å². The number of benzene rings is 1. The molecule has 3 N–H and O–H groups in total. The fourth-order valence-corrected chi connectivity index (χ4v) is 3.36. The third kappa shape index (κ3) is 1.73. The van der Waals surface area contributed by atoms with Crippen LogP contribution in [0.25, 0.3) is 0 Å². The number of rotatable bonds is 4. The average Bonchev–Trinajstić information content (AvgIpc) is 2.18. The Morgan fingerprint density at radius 1 is 1.19 bits per heavy atom. The topological polar surface area (TPSA) is 133 Å². The normalized spacial score (nSPS) is 14.1. The van der Waals surface area contributed by atoms with Gasteiger partial charge in [0.1, 0.15) is 0 Å². The van der Waals surface area contributed by atoms with Gasteiger partial charge in [0, 0.05) is 0 Å². The SMILES string of the molecule is NC(O)[PH](c1ccccc1)([N+](=O)[O-])[N+](=O)[O-]. The second-order valence-corrected chi connectivity index (χ2v) is 6.40. The van der Waals surface area contributed by atoms with Gasteiger partial charge in [0.25, 0.3) is 0 Å². The number of hydrogen-bond acceptors (Lipinski definition) is 6. The molecule has 0 aliphatic carbocycles. The maximum atomic E-state index is 10.9. The van der Waals surface area contributed by atoms with Crippen molar-refractivity contribution < 1.29 is 14.5 Å². The quantitative estimate of drug-likeness (QED) is 0.324. The zero-order valence-corrected chi connectivity index (χ0v) is 9.02. The molecule has 0 spiro atoms. The monoisotopic (exact) mass is 247 g/mol. The summed E-state index contributed by atoms with van der Waals surface area (Å²) in [7, 11) is -4.63. The molecule has 0 fully saturated rings. The zero-order valence-electron chi connectivity index (χ0n) is 8.02. The molecule has 0 aliphatic rings. The van der Waals surface area contributed by atoms with E-state index in [1.165, 1.54) is 24.3 Å². The van der Waals surface area contributed by atoms with Crippen LogP contribution in [-0.4, -0.2) is 20.5 Å². The predicted molar refractivity (Wildman–Crippen MR) is 58.6 cm³/mol. The number of nitro groups is 2. The second-order valence-electron chi connectivity index (χ2n) is 3.05. The Balaban J connectivity index is 3.46. The summed E-state index contributed by atoms with van der Waals surface area (Å²) in [6.45, 7) is 0. The molecule has 0 saturated carbocycles. The van der Waals surface area contributed by atoms with Gasteiger partial charge in [-0.15, -0.1) is 0 Å². The Morgan fingerprint density at radius 3 is 1.94 bits per heavy atom. The molecule has 8 nitrogen and oxygen atoms in total. The first kappa shape index (κ1) is 12.4. The fourth-order valence-electron chi connectivity index (χ4n) is 1.35. The van der Waals surface area contributed by atoms with Crippen molar-refractivity contribution in [3.05, 3.63) is 50.6 Å². The summed E-state index contributed by atoms with van der Waals surface area (Å²) in [5, 5.41) is 30.9.